The van der Waals surface area contributed by atoms with Crippen LogP contribution in [-0.2, 0) is 6.42 Å². The van der Waals surface area contributed by atoms with E-state index in [9.17, 15) is 0 Å². The maximum Gasteiger partial charge on any atom is 0.188 e. The summed E-state index contributed by atoms with van der Waals surface area (Å²) in [4.78, 5) is 9.92. The molecule has 0 atom stereocenters. The first-order chi connectivity index (χ1) is 14.6. The molecule has 0 spiro atoms. The van der Waals surface area contributed by atoms with E-state index in [0.717, 1.165) is 44.1 Å². The Labute approximate surface area is 204 Å². The number of nitrogens with zero attached hydrogens (tertiary/aromatic N) is 3. The Morgan fingerprint density at radius 2 is 1.74 bits per heavy atom. The van der Waals surface area contributed by atoms with Gasteiger partial charge in [-0.2, -0.15) is 0 Å². The third kappa shape index (κ3) is 7.12. The Hall–Kier alpha value is -1.26. The summed E-state index contributed by atoms with van der Waals surface area (Å²) in [5.41, 5.74) is 7.58. The van der Waals surface area contributed by atoms with Gasteiger partial charge in [-0.3, -0.25) is 9.89 Å². The molecule has 0 unspecified atom stereocenters. The van der Waals surface area contributed by atoms with Gasteiger partial charge in [0.05, 0.1) is 20.8 Å². The van der Waals surface area contributed by atoms with E-state index in [0.29, 0.717) is 5.96 Å². The Morgan fingerprint density at radius 1 is 1.06 bits per heavy atom. The third-order valence-electron chi connectivity index (χ3n) is 6.66. The zero-order valence-corrected chi connectivity index (χ0v) is 21.7. The molecule has 176 valence electrons. The van der Waals surface area contributed by atoms with E-state index in [1.54, 1.807) is 14.2 Å². The molecule has 1 aromatic rings. The summed E-state index contributed by atoms with van der Waals surface area (Å²) < 4.78 is 10.7. The summed E-state index contributed by atoms with van der Waals surface area (Å²) in [5.74, 6) is 2.05. The van der Waals surface area contributed by atoms with Crippen molar-refractivity contribution in [2.75, 3.05) is 60.5 Å². The fourth-order valence-corrected chi connectivity index (χ4v) is 4.64. The van der Waals surface area contributed by atoms with E-state index >= 15 is 0 Å². The monoisotopic (exact) mass is 545 g/mol. The summed E-state index contributed by atoms with van der Waals surface area (Å²) in [6, 6.07) is 6.01. The lowest BCUT2D eigenvalue weighted by Gasteiger charge is -2.49. The summed E-state index contributed by atoms with van der Waals surface area (Å²) in [7, 11) is 5.52. The predicted molar refractivity (Wildman–Crippen MR) is 138 cm³/mol. The van der Waals surface area contributed by atoms with Gasteiger partial charge >= 0.3 is 0 Å². The van der Waals surface area contributed by atoms with Crippen LogP contribution in [0.25, 0.3) is 0 Å². The molecular formula is C23H40IN5O2. The average Bonchev–Trinajstić information content (AvgIpc) is 2.79. The van der Waals surface area contributed by atoms with Gasteiger partial charge in [-0.15, -0.1) is 24.0 Å². The smallest absolute Gasteiger partial charge is 0.188 e. The van der Waals surface area contributed by atoms with Crippen molar-refractivity contribution >= 4 is 29.9 Å². The molecule has 2 saturated heterocycles. The Kier molecular flexibility index (Phi) is 10.6. The molecule has 3 N–H and O–H groups in total. The number of guanidine groups is 1. The highest BCUT2D eigenvalue weighted by Gasteiger charge is 2.39. The van der Waals surface area contributed by atoms with Crippen LogP contribution in [0.2, 0.25) is 0 Å². The van der Waals surface area contributed by atoms with Gasteiger partial charge in [-0.25, -0.2) is 0 Å². The van der Waals surface area contributed by atoms with Gasteiger partial charge in [0.25, 0.3) is 0 Å². The first-order valence-electron chi connectivity index (χ1n) is 11.2. The lowest BCUT2D eigenvalue weighted by Crippen LogP contribution is -2.58. The molecule has 0 aromatic heterocycles. The number of rotatable bonds is 8. The summed E-state index contributed by atoms with van der Waals surface area (Å²) in [6.45, 7) is 6.20. The van der Waals surface area contributed by atoms with Crippen LogP contribution >= 0.6 is 24.0 Å². The third-order valence-corrected chi connectivity index (χ3v) is 6.66. The van der Waals surface area contributed by atoms with Gasteiger partial charge in [0.1, 0.15) is 0 Å². The number of nitrogens with two attached hydrogens (primary N) is 1. The van der Waals surface area contributed by atoms with Gasteiger partial charge in [0, 0.05) is 12.1 Å². The second kappa shape index (κ2) is 12.7. The summed E-state index contributed by atoms with van der Waals surface area (Å²) in [5, 5.41) is 3.29. The topological polar surface area (TPSA) is 75.4 Å². The zero-order valence-electron chi connectivity index (χ0n) is 19.4. The molecule has 2 heterocycles. The lowest BCUT2D eigenvalue weighted by atomic mass is 9.84. The Morgan fingerprint density at radius 3 is 2.39 bits per heavy atom. The van der Waals surface area contributed by atoms with Crippen LogP contribution in [0.3, 0.4) is 0 Å². The van der Waals surface area contributed by atoms with Crippen molar-refractivity contribution in [1.82, 2.24) is 15.1 Å². The number of aliphatic imine (C=N–C) groups is 1. The molecule has 0 saturated carbocycles. The van der Waals surface area contributed by atoms with Crippen molar-refractivity contribution in [3.63, 3.8) is 0 Å². The van der Waals surface area contributed by atoms with E-state index < -0.39 is 0 Å². The highest BCUT2D eigenvalue weighted by Crippen LogP contribution is 2.32. The van der Waals surface area contributed by atoms with Crippen LogP contribution in [0, 0.1) is 0 Å². The van der Waals surface area contributed by atoms with Crippen molar-refractivity contribution in [1.29, 1.82) is 0 Å². The molecule has 0 bridgehead atoms. The molecule has 2 aliphatic rings. The molecule has 0 amide bonds. The molecular weight excluding hydrogens is 505 g/mol. The van der Waals surface area contributed by atoms with Gasteiger partial charge in [-0.05, 0) is 83.0 Å². The van der Waals surface area contributed by atoms with Gasteiger partial charge in [-0.1, -0.05) is 12.5 Å². The number of ether oxygens (including phenoxy) is 2. The Bertz CT molecular complexity index is 701. The molecule has 2 fully saturated rings. The van der Waals surface area contributed by atoms with Crippen molar-refractivity contribution in [3.05, 3.63) is 23.8 Å². The Balaban J connectivity index is 0.00000341. The maximum atomic E-state index is 6.24. The highest BCUT2D eigenvalue weighted by atomic mass is 127. The molecule has 7 nitrogen and oxygen atoms in total. The van der Waals surface area contributed by atoms with E-state index in [4.69, 9.17) is 20.2 Å². The van der Waals surface area contributed by atoms with Gasteiger partial charge in [0.2, 0.25) is 0 Å². The number of hydrogen-bond acceptors (Lipinski definition) is 5. The standard InChI is InChI=1S/C23H39N5O2.HI/c1-27-15-10-23(11-16-27,28-13-5-4-6-14-28)18-26-22(24)25-12-9-19-7-8-20(29-2)21(17-19)30-3;/h7-8,17H,4-6,9-16,18H2,1-3H3,(H3,24,25,26);1H. The lowest BCUT2D eigenvalue weighted by molar-refractivity contribution is 0.0208. The highest BCUT2D eigenvalue weighted by molar-refractivity contribution is 14.0. The molecule has 0 radical (unpaired) electrons. The van der Waals surface area contributed by atoms with E-state index in [2.05, 4.69) is 28.2 Å². The number of piperidine rings is 2. The minimum atomic E-state index is 0. The first-order valence-corrected chi connectivity index (χ1v) is 11.2. The van der Waals surface area contributed by atoms with Crippen LogP contribution in [0.15, 0.2) is 23.2 Å². The molecule has 0 aliphatic carbocycles. The van der Waals surface area contributed by atoms with Crippen molar-refractivity contribution in [2.24, 2.45) is 10.7 Å². The average molecular weight is 546 g/mol. The van der Waals surface area contributed by atoms with Crippen molar-refractivity contribution in [2.45, 2.75) is 44.1 Å². The fraction of sp³-hybridized carbons (Fsp3) is 0.696. The zero-order chi connectivity index (χ0) is 21.4. The van der Waals surface area contributed by atoms with Crippen molar-refractivity contribution in [3.8, 4) is 11.5 Å². The molecule has 31 heavy (non-hydrogen) atoms. The maximum absolute atomic E-state index is 6.24. The van der Waals surface area contributed by atoms with Crippen LogP contribution < -0.4 is 20.5 Å². The second-order valence-corrected chi connectivity index (χ2v) is 8.64. The second-order valence-electron chi connectivity index (χ2n) is 8.64. The first kappa shape index (κ1) is 26.0. The van der Waals surface area contributed by atoms with Crippen molar-refractivity contribution < 1.29 is 9.47 Å². The number of halogens is 1. The quantitative estimate of drug-likeness (QED) is 0.298. The molecule has 2 aliphatic heterocycles. The van der Waals surface area contributed by atoms with Crippen LogP contribution in [0.1, 0.15) is 37.7 Å². The summed E-state index contributed by atoms with van der Waals surface area (Å²) in [6.07, 6.45) is 7.16. The number of likely N-dealkylation sites (tertiary alicyclic amines) is 2. The fourth-order valence-electron chi connectivity index (χ4n) is 4.64. The number of benzene rings is 1. The predicted octanol–water partition coefficient (Wildman–Crippen LogP) is 2.72. The van der Waals surface area contributed by atoms with E-state index in [1.807, 2.05) is 12.1 Å². The van der Waals surface area contributed by atoms with Crippen LogP contribution in [0.4, 0.5) is 0 Å². The largest absolute Gasteiger partial charge is 0.493 e. The van der Waals surface area contributed by atoms with Crippen LogP contribution in [-0.4, -0.2) is 81.8 Å². The minimum Gasteiger partial charge on any atom is -0.493 e. The summed E-state index contributed by atoms with van der Waals surface area (Å²) >= 11 is 0. The number of hydrogen-bond donors (Lipinski definition) is 2. The minimum absolute atomic E-state index is 0. The van der Waals surface area contributed by atoms with Crippen LogP contribution in [0.5, 0.6) is 11.5 Å². The normalized spacial score (nSPS) is 20.0. The molecule has 3 rings (SSSR count). The van der Waals surface area contributed by atoms with Gasteiger partial charge < -0.3 is 25.4 Å². The molecule has 8 heteroatoms. The number of methoxy groups -OCH3 is 2. The number of nitrogens with one attached hydrogen (secondary N) is 1. The molecule has 1 aromatic carbocycles. The van der Waals surface area contributed by atoms with E-state index in [-0.39, 0.29) is 29.5 Å². The SMILES string of the molecule is COc1ccc(CCNC(N)=NCC2(N3CCCCC3)CCN(C)CC2)cc1OC.I. The van der Waals surface area contributed by atoms with Gasteiger partial charge in [0.15, 0.2) is 17.5 Å². The van der Waals surface area contributed by atoms with E-state index in [1.165, 1.54) is 50.8 Å².